The van der Waals surface area contributed by atoms with Gasteiger partial charge in [0.25, 0.3) is 0 Å². The predicted octanol–water partition coefficient (Wildman–Crippen LogP) is 2.49. The number of aromatic nitrogens is 2. The van der Waals surface area contributed by atoms with E-state index >= 15 is 0 Å². The lowest BCUT2D eigenvalue weighted by atomic mass is 10.2. The van der Waals surface area contributed by atoms with Crippen LogP contribution in [0.4, 0.5) is 10.6 Å². The molecule has 1 aromatic heterocycles. The minimum absolute atomic E-state index is 0.309. The van der Waals surface area contributed by atoms with E-state index in [9.17, 15) is 4.79 Å². The van der Waals surface area contributed by atoms with Crippen LogP contribution in [0.25, 0.3) is 0 Å². The molecule has 0 saturated carbocycles. The molecule has 15 heavy (non-hydrogen) atoms. The van der Waals surface area contributed by atoms with Crippen LogP contribution < -0.4 is 5.32 Å². The van der Waals surface area contributed by atoms with Crippen molar-refractivity contribution in [2.24, 2.45) is 0 Å². The van der Waals surface area contributed by atoms with Gasteiger partial charge < -0.3 is 9.72 Å². The van der Waals surface area contributed by atoms with Gasteiger partial charge in [0.05, 0.1) is 0 Å². The molecule has 0 atom stereocenters. The van der Waals surface area contributed by atoms with Crippen molar-refractivity contribution in [3.8, 4) is 0 Å². The third-order valence-electron chi connectivity index (χ3n) is 1.31. The maximum atomic E-state index is 11.3. The Bertz CT molecular complexity index is 408. The molecule has 0 spiro atoms. The van der Waals surface area contributed by atoms with E-state index in [1.165, 1.54) is 6.20 Å². The summed E-state index contributed by atoms with van der Waals surface area (Å²) < 4.78 is 5.37. The highest BCUT2D eigenvalue weighted by Gasteiger charge is 2.16. The fourth-order valence-corrected chi connectivity index (χ4v) is 1.03. The van der Waals surface area contributed by atoms with E-state index in [-0.39, 0.29) is 0 Å². The zero-order valence-electron chi connectivity index (χ0n) is 8.83. The van der Waals surface area contributed by atoms with Gasteiger partial charge in [-0.1, -0.05) is 0 Å². The molecule has 0 unspecified atom stereocenters. The number of anilines is 1. The molecule has 0 aliphatic heterocycles. The van der Waals surface area contributed by atoms with Crippen LogP contribution in [0.5, 0.6) is 0 Å². The summed E-state index contributed by atoms with van der Waals surface area (Å²) in [4.78, 5) is 17.8. The van der Waals surface area contributed by atoms with Crippen LogP contribution in [0.3, 0.4) is 0 Å². The Kier molecular flexibility index (Phi) is 3.41. The van der Waals surface area contributed by atoms with Crippen molar-refractivity contribution in [2.75, 3.05) is 5.32 Å². The first-order valence-electron chi connectivity index (χ1n) is 4.42. The number of H-pyrrole nitrogens is 1. The molecule has 0 saturated heterocycles. The van der Waals surface area contributed by atoms with E-state index < -0.39 is 11.7 Å². The summed E-state index contributed by atoms with van der Waals surface area (Å²) in [6, 6.07) is 1.60. The molecule has 0 bridgehead atoms. The second-order valence-electron chi connectivity index (χ2n) is 3.92. The van der Waals surface area contributed by atoms with Crippen LogP contribution in [-0.4, -0.2) is 21.7 Å². The van der Waals surface area contributed by atoms with Crippen LogP contribution in [0.2, 0.25) is 0 Å². The lowest BCUT2D eigenvalue weighted by Crippen LogP contribution is -2.27. The predicted molar refractivity (Wildman–Crippen MR) is 59.3 cm³/mol. The summed E-state index contributed by atoms with van der Waals surface area (Å²) in [5.41, 5.74) is -0.520. The fraction of sp³-hybridized carbons (Fsp3) is 0.444. The van der Waals surface area contributed by atoms with Gasteiger partial charge in [0, 0.05) is 6.20 Å². The number of nitrogens with one attached hydrogen (secondary N) is 2. The minimum Gasteiger partial charge on any atom is -0.444 e. The first-order valence-corrected chi connectivity index (χ1v) is 4.83. The fourth-order valence-electron chi connectivity index (χ4n) is 0.855. The van der Waals surface area contributed by atoms with E-state index in [0.717, 1.165) is 0 Å². The molecule has 82 valence electrons. The summed E-state index contributed by atoms with van der Waals surface area (Å²) in [5, 5.41) is 2.52. The van der Waals surface area contributed by atoms with Gasteiger partial charge >= 0.3 is 6.09 Å². The van der Waals surface area contributed by atoms with E-state index in [4.69, 9.17) is 17.0 Å². The Morgan fingerprint density at radius 1 is 1.60 bits per heavy atom. The van der Waals surface area contributed by atoms with E-state index in [1.54, 1.807) is 26.8 Å². The van der Waals surface area contributed by atoms with E-state index in [2.05, 4.69) is 15.3 Å². The molecule has 0 fully saturated rings. The number of carbonyl (C=O) groups is 1. The van der Waals surface area contributed by atoms with Gasteiger partial charge in [-0.05, 0) is 39.1 Å². The molecule has 0 aromatic carbocycles. The van der Waals surface area contributed by atoms with Gasteiger partial charge in [0.1, 0.15) is 11.4 Å². The number of nitrogens with zero attached hydrogens (tertiary/aromatic N) is 1. The van der Waals surface area contributed by atoms with Gasteiger partial charge in [0.15, 0.2) is 4.77 Å². The average Bonchev–Trinajstić information content (AvgIpc) is 1.99. The second kappa shape index (κ2) is 4.39. The third kappa shape index (κ3) is 4.55. The Morgan fingerprint density at radius 3 is 2.80 bits per heavy atom. The zero-order chi connectivity index (χ0) is 11.5. The quantitative estimate of drug-likeness (QED) is 0.723. The molecule has 0 radical (unpaired) electrons. The maximum Gasteiger partial charge on any atom is 0.413 e. The molecule has 2 N–H and O–H groups in total. The highest BCUT2D eigenvalue weighted by Crippen LogP contribution is 2.09. The summed E-state index contributed by atoms with van der Waals surface area (Å²) >= 11 is 4.80. The zero-order valence-corrected chi connectivity index (χ0v) is 9.64. The Hall–Kier alpha value is -1.43. The first-order chi connectivity index (χ1) is 6.87. The smallest absolute Gasteiger partial charge is 0.413 e. The Labute approximate surface area is 92.9 Å². The van der Waals surface area contributed by atoms with Crippen molar-refractivity contribution >= 4 is 24.1 Å². The van der Waals surface area contributed by atoms with Gasteiger partial charge in [0.2, 0.25) is 0 Å². The van der Waals surface area contributed by atoms with Gasteiger partial charge in [-0.3, -0.25) is 5.32 Å². The lowest BCUT2D eigenvalue weighted by Gasteiger charge is -2.19. The van der Waals surface area contributed by atoms with Gasteiger partial charge in [-0.25, -0.2) is 9.78 Å². The van der Waals surface area contributed by atoms with Crippen molar-refractivity contribution in [1.29, 1.82) is 0 Å². The molecular formula is C9H13N3O2S. The molecule has 6 heteroatoms. The van der Waals surface area contributed by atoms with Gasteiger partial charge in [-0.2, -0.15) is 0 Å². The maximum absolute atomic E-state index is 11.3. The molecular weight excluding hydrogens is 214 g/mol. The van der Waals surface area contributed by atoms with Crippen LogP contribution in [0, 0.1) is 4.77 Å². The number of hydrogen-bond donors (Lipinski definition) is 2. The Morgan fingerprint density at radius 2 is 2.27 bits per heavy atom. The number of ether oxygens (including phenoxy) is 1. The summed E-state index contributed by atoms with van der Waals surface area (Å²) in [6.07, 6.45) is 0.977. The van der Waals surface area contributed by atoms with E-state index in [0.29, 0.717) is 10.6 Å². The number of amides is 1. The van der Waals surface area contributed by atoms with Crippen molar-refractivity contribution in [3.63, 3.8) is 0 Å². The standard InChI is InChI=1S/C9H13N3O2S/c1-9(2,3)14-8(13)12-6-4-5-10-7(15)11-6/h4-5H,1-3H3,(H2,10,11,12,13,15). The molecule has 5 nitrogen and oxygen atoms in total. The molecule has 0 aliphatic rings. The average molecular weight is 227 g/mol. The lowest BCUT2D eigenvalue weighted by molar-refractivity contribution is 0.0635. The van der Waals surface area contributed by atoms with Crippen LogP contribution in [0.1, 0.15) is 20.8 Å². The highest BCUT2D eigenvalue weighted by molar-refractivity contribution is 7.71. The monoisotopic (exact) mass is 227 g/mol. The van der Waals surface area contributed by atoms with Gasteiger partial charge in [-0.15, -0.1) is 0 Å². The second-order valence-corrected chi connectivity index (χ2v) is 4.30. The normalized spacial score (nSPS) is 10.9. The van der Waals surface area contributed by atoms with Crippen molar-refractivity contribution in [3.05, 3.63) is 17.0 Å². The number of carbonyl (C=O) groups excluding carboxylic acids is 1. The molecule has 1 aromatic rings. The third-order valence-corrected chi connectivity index (χ3v) is 1.52. The number of hydrogen-bond acceptors (Lipinski definition) is 4. The number of rotatable bonds is 1. The molecule has 0 aliphatic carbocycles. The van der Waals surface area contributed by atoms with Crippen LogP contribution >= 0.6 is 12.2 Å². The SMILES string of the molecule is CC(C)(C)OC(=O)Nc1ccnc(=S)[nH]1. The molecule has 1 rings (SSSR count). The van der Waals surface area contributed by atoms with Crippen LogP contribution in [0.15, 0.2) is 12.3 Å². The summed E-state index contributed by atoms with van der Waals surface area (Å²) in [5.74, 6) is 0.462. The Balaban J connectivity index is 2.63. The van der Waals surface area contributed by atoms with Crippen molar-refractivity contribution in [1.82, 2.24) is 9.97 Å². The van der Waals surface area contributed by atoms with Crippen LogP contribution in [-0.2, 0) is 4.74 Å². The van der Waals surface area contributed by atoms with Crippen molar-refractivity contribution in [2.45, 2.75) is 26.4 Å². The topological polar surface area (TPSA) is 67.0 Å². The van der Waals surface area contributed by atoms with Crippen molar-refractivity contribution < 1.29 is 9.53 Å². The molecule has 1 heterocycles. The minimum atomic E-state index is -0.528. The van der Waals surface area contributed by atoms with E-state index in [1.807, 2.05) is 0 Å². The highest BCUT2D eigenvalue weighted by atomic mass is 32.1. The largest absolute Gasteiger partial charge is 0.444 e. The molecule has 1 amide bonds. The summed E-state index contributed by atoms with van der Waals surface area (Å²) in [6.45, 7) is 5.38. The summed E-state index contributed by atoms with van der Waals surface area (Å²) in [7, 11) is 0. The first kappa shape index (κ1) is 11.6. The number of aromatic amines is 1.